The number of rotatable bonds is 3. The Balaban J connectivity index is 2.43. The van der Waals surface area contributed by atoms with Gasteiger partial charge in [-0.05, 0) is 0 Å². The number of H-pyrrole nitrogens is 1. The van der Waals surface area contributed by atoms with E-state index < -0.39 is 32.2 Å². The first-order chi connectivity index (χ1) is 9.24. The summed E-state index contributed by atoms with van der Waals surface area (Å²) in [6, 6.07) is 0. The first-order valence-corrected chi connectivity index (χ1v) is 10.0. The van der Waals surface area contributed by atoms with Crippen molar-refractivity contribution in [3.63, 3.8) is 0 Å². The molecule has 3 atom stereocenters. The van der Waals surface area contributed by atoms with Gasteiger partial charge in [-0.1, -0.05) is 19.6 Å². The molecule has 20 heavy (non-hydrogen) atoms. The normalized spacial score (nSPS) is 26.9. The van der Waals surface area contributed by atoms with Crippen LogP contribution in [0.15, 0.2) is 15.8 Å². The number of aromatic amines is 1. The zero-order chi connectivity index (χ0) is 15.1. The molecule has 2 heterocycles. The van der Waals surface area contributed by atoms with Gasteiger partial charge in [-0.15, -0.1) is 0 Å². The average Bonchev–Trinajstić information content (AvgIpc) is 2.68. The van der Waals surface area contributed by atoms with Crippen molar-refractivity contribution in [1.82, 2.24) is 9.55 Å². The quantitative estimate of drug-likeness (QED) is 0.603. The molecule has 8 heteroatoms. The Morgan fingerprint density at radius 1 is 1.45 bits per heavy atom. The van der Waals surface area contributed by atoms with E-state index in [1.807, 2.05) is 19.6 Å². The molecule has 1 aliphatic rings. The predicted octanol–water partition coefficient (Wildman–Crippen LogP) is -1.28. The monoisotopic (exact) mass is 300 g/mol. The van der Waals surface area contributed by atoms with Crippen LogP contribution in [0.1, 0.15) is 12.6 Å². The molecule has 0 aliphatic carbocycles. The molecule has 0 amide bonds. The first kappa shape index (κ1) is 15.2. The Morgan fingerprint density at radius 3 is 2.60 bits per heavy atom. The maximum atomic E-state index is 11.9. The summed E-state index contributed by atoms with van der Waals surface area (Å²) in [5.74, 6) is 0. The summed E-state index contributed by atoms with van der Waals surface area (Å²) < 4.78 is 6.75. The molecular formula is C12H20N2O5Si. The van der Waals surface area contributed by atoms with E-state index in [2.05, 4.69) is 4.98 Å². The fourth-order valence-electron chi connectivity index (χ4n) is 2.28. The Morgan fingerprint density at radius 2 is 2.10 bits per heavy atom. The second-order valence-electron chi connectivity index (χ2n) is 6.07. The summed E-state index contributed by atoms with van der Waals surface area (Å²) in [4.78, 5) is 26.1. The van der Waals surface area contributed by atoms with Crippen LogP contribution >= 0.6 is 0 Å². The number of hydrogen-bond acceptors (Lipinski definition) is 5. The molecule has 3 N–H and O–H groups in total. The van der Waals surface area contributed by atoms with E-state index in [0.717, 1.165) is 0 Å². The Bertz CT molecular complexity index is 603. The summed E-state index contributed by atoms with van der Waals surface area (Å²) in [7, 11) is -1.90. The summed E-state index contributed by atoms with van der Waals surface area (Å²) in [5, 5.41) is 19.4. The standard InChI is InChI=1S/C12H20N2O5Si/c1-20(2,3)9-5-14(12(18)13-11(9)17)10-4-7(16)8(6-15)19-10/h5,7-8,10,15-16H,4,6H2,1-3H3,(H,13,17,18)/t7-,8+,10+/m1/s1. The molecule has 1 aromatic heterocycles. The summed E-state index contributed by atoms with van der Waals surface area (Å²) in [6.07, 6.45) is -0.442. The fraction of sp³-hybridized carbons (Fsp3) is 0.667. The zero-order valence-corrected chi connectivity index (χ0v) is 12.8. The highest BCUT2D eigenvalue weighted by atomic mass is 28.3. The minimum Gasteiger partial charge on any atom is -0.394 e. The van der Waals surface area contributed by atoms with Gasteiger partial charge in [-0.2, -0.15) is 0 Å². The second-order valence-corrected chi connectivity index (χ2v) is 11.1. The van der Waals surface area contributed by atoms with Gasteiger partial charge in [0.05, 0.1) is 20.8 Å². The van der Waals surface area contributed by atoms with E-state index in [1.54, 1.807) is 0 Å². The van der Waals surface area contributed by atoms with Crippen molar-refractivity contribution in [3.8, 4) is 0 Å². The van der Waals surface area contributed by atoms with Gasteiger partial charge in [0.15, 0.2) is 0 Å². The van der Waals surface area contributed by atoms with Crippen LogP contribution in [0.4, 0.5) is 0 Å². The van der Waals surface area contributed by atoms with Gasteiger partial charge in [-0.3, -0.25) is 14.3 Å². The smallest absolute Gasteiger partial charge is 0.330 e. The number of aliphatic hydroxyl groups is 2. The highest BCUT2D eigenvalue weighted by Gasteiger charge is 2.35. The van der Waals surface area contributed by atoms with E-state index >= 15 is 0 Å². The van der Waals surface area contributed by atoms with E-state index in [-0.39, 0.29) is 18.6 Å². The lowest BCUT2D eigenvalue weighted by Gasteiger charge is -2.19. The van der Waals surface area contributed by atoms with Gasteiger partial charge in [0.2, 0.25) is 0 Å². The number of aliphatic hydroxyl groups excluding tert-OH is 2. The molecule has 0 radical (unpaired) electrons. The van der Waals surface area contributed by atoms with E-state index in [0.29, 0.717) is 5.19 Å². The molecule has 112 valence electrons. The molecule has 1 fully saturated rings. The minimum absolute atomic E-state index is 0.211. The molecule has 1 aliphatic heterocycles. The number of hydrogen-bond donors (Lipinski definition) is 3. The Kier molecular flexibility index (Phi) is 4.01. The van der Waals surface area contributed by atoms with Gasteiger partial charge in [0.25, 0.3) is 5.56 Å². The first-order valence-electron chi connectivity index (χ1n) is 6.54. The summed E-state index contributed by atoms with van der Waals surface area (Å²) in [5.41, 5.74) is -0.921. The molecule has 0 aromatic carbocycles. The molecule has 0 bridgehead atoms. The highest BCUT2D eigenvalue weighted by Crippen LogP contribution is 2.26. The van der Waals surface area contributed by atoms with E-state index in [9.17, 15) is 14.7 Å². The minimum atomic E-state index is -1.90. The lowest BCUT2D eigenvalue weighted by Crippen LogP contribution is -2.52. The van der Waals surface area contributed by atoms with Crippen molar-refractivity contribution < 1.29 is 14.9 Å². The number of nitrogens with zero attached hydrogens (tertiary/aromatic N) is 1. The van der Waals surface area contributed by atoms with E-state index in [4.69, 9.17) is 9.84 Å². The fourth-order valence-corrected chi connectivity index (χ4v) is 3.55. The van der Waals surface area contributed by atoms with Crippen LogP contribution in [0, 0.1) is 0 Å². The highest BCUT2D eigenvalue weighted by molar-refractivity contribution is 6.88. The molecule has 0 saturated carbocycles. The third-order valence-corrected chi connectivity index (χ3v) is 5.44. The molecule has 7 nitrogen and oxygen atoms in total. The van der Waals surface area contributed by atoms with Crippen LogP contribution in [0.3, 0.4) is 0 Å². The van der Waals surface area contributed by atoms with Crippen molar-refractivity contribution in [3.05, 3.63) is 27.0 Å². The number of aromatic nitrogens is 2. The molecule has 0 spiro atoms. The van der Waals surface area contributed by atoms with Gasteiger partial charge in [-0.25, -0.2) is 4.79 Å². The third kappa shape index (κ3) is 2.78. The molecule has 2 rings (SSSR count). The lowest BCUT2D eigenvalue weighted by atomic mass is 10.2. The molecule has 1 aromatic rings. The zero-order valence-electron chi connectivity index (χ0n) is 11.8. The van der Waals surface area contributed by atoms with Crippen molar-refractivity contribution in [2.24, 2.45) is 0 Å². The van der Waals surface area contributed by atoms with Crippen LogP contribution in [-0.2, 0) is 4.74 Å². The van der Waals surface area contributed by atoms with Crippen LogP contribution < -0.4 is 16.4 Å². The largest absolute Gasteiger partial charge is 0.394 e. The topological polar surface area (TPSA) is 105 Å². The summed E-state index contributed by atoms with van der Waals surface area (Å²) >= 11 is 0. The van der Waals surface area contributed by atoms with Gasteiger partial charge in [0, 0.05) is 17.8 Å². The van der Waals surface area contributed by atoms with Crippen molar-refractivity contribution in [1.29, 1.82) is 0 Å². The summed E-state index contributed by atoms with van der Waals surface area (Å²) in [6.45, 7) is 5.71. The molecular weight excluding hydrogens is 280 g/mol. The van der Waals surface area contributed by atoms with Gasteiger partial charge >= 0.3 is 5.69 Å². The second kappa shape index (κ2) is 5.28. The Labute approximate surface area is 116 Å². The average molecular weight is 300 g/mol. The van der Waals surface area contributed by atoms with Crippen LogP contribution in [0.5, 0.6) is 0 Å². The third-order valence-electron chi connectivity index (χ3n) is 3.47. The van der Waals surface area contributed by atoms with Crippen molar-refractivity contribution in [2.45, 2.75) is 44.5 Å². The van der Waals surface area contributed by atoms with Crippen LogP contribution in [-0.4, -0.2) is 46.7 Å². The number of nitrogens with one attached hydrogen (secondary N) is 1. The maximum Gasteiger partial charge on any atom is 0.330 e. The SMILES string of the molecule is C[Si](C)(C)c1cn([C@@H]2C[C@@H](O)[C@H](CO)O2)c(=O)[nH]c1=O. The van der Waals surface area contributed by atoms with Crippen LogP contribution in [0.2, 0.25) is 19.6 Å². The predicted molar refractivity (Wildman–Crippen MR) is 75.9 cm³/mol. The lowest BCUT2D eigenvalue weighted by molar-refractivity contribution is -0.0458. The van der Waals surface area contributed by atoms with Crippen molar-refractivity contribution >= 4 is 13.3 Å². The van der Waals surface area contributed by atoms with Gasteiger partial charge in [0.1, 0.15) is 12.3 Å². The maximum absolute atomic E-state index is 11.9. The Hall–Kier alpha value is -1.22. The number of ether oxygens (including phenoxy) is 1. The molecule has 1 saturated heterocycles. The van der Waals surface area contributed by atoms with Crippen molar-refractivity contribution in [2.75, 3.05) is 6.61 Å². The molecule has 0 unspecified atom stereocenters. The van der Waals surface area contributed by atoms with Crippen LogP contribution in [0.25, 0.3) is 0 Å². The van der Waals surface area contributed by atoms with Gasteiger partial charge < -0.3 is 14.9 Å². The van der Waals surface area contributed by atoms with E-state index in [1.165, 1.54) is 10.8 Å².